The first-order chi connectivity index (χ1) is 16.7. The average Bonchev–Trinajstić information content (AvgIpc) is 3.61. The van der Waals surface area contributed by atoms with Gasteiger partial charge >= 0.3 is 0 Å². The highest BCUT2D eigenvalue weighted by Gasteiger charge is 2.50. The first-order valence-electron chi connectivity index (χ1n) is 11.8. The van der Waals surface area contributed by atoms with Gasteiger partial charge in [0.2, 0.25) is 5.91 Å². The standard InChI is InChI=1S/C24H24N6O3S/c1-2-32-18-8-16-13(9-27-29-16)5-17(18)28-22-21-15-4-3-12(6-19(15)34-23(21)26-11-25-22)24(31)30-14-7-20(30)33-10-14/h5,8-9,11-12,14,20H,2-4,6-7,10H2,1H3,(H,27,29)(H,25,26,28)/t12-,14?,20?/m0/s1. The number of fused-ring (bicyclic) bond motifs is 5. The van der Waals surface area contributed by atoms with Crippen LogP contribution in [-0.2, 0) is 22.4 Å². The molecule has 10 heteroatoms. The second-order valence-corrected chi connectivity index (χ2v) is 10.2. The molecule has 2 bridgehead atoms. The molecule has 1 aromatic carbocycles. The van der Waals surface area contributed by atoms with E-state index in [1.165, 1.54) is 10.4 Å². The van der Waals surface area contributed by atoms with Crippen molar-refractivity contribution in [3.8, 4) is 5.75 Å². The van der Waals surface area contributed by atoms with E-state index in [-0.39, 0.29) is 24.1 Å². The summed E-state index contributed by atoms with van der Waals surface area (Å²) in [7, 11) is 0. The van der Waals surface area contributed by atoms with Crippen molar-refractivity contribution in [2.45, 2.75) is 44.9 Å². The zero-order valence-electron chi connectivity index (χ0n) is 18.7. The molecule has 6 heterocycles. The van der Waals surface area contributed by atoms with Crippen molar-refractivity contribution < 1.29 is 14.3 Å². The van der Waals surface area contributed by atoms with Gasteiger partial charge in [-0.2, -0.15) is 5.10 Å². The molecule has 3 fully saturated rings. The smallest absolute Gasteiger partial charge is 0.228 e. The van der Waals surface area contributed by atoms with Crippen molar-refractivity contribution in [2.75, 3.05) is 18.5 Å². The fourth-order valence-electron chi connectivity index (χ4n) is 5.50. The Morgan fingerprint density at radius 2 is 2.32 bits per heavy atom. The number of aromatic amines is 1. The number of carbonyl (C=O) groups excluding carboxylic acids is 1. The van der Waals surface area contributed by atoms with Crippen LogP contribution in [0, 0.1) is 5.92 Å². The highest BCUT2D eigenvalue weighted by atomic mass is 32.1. The molecule has 0 spiro atoms. The van der Waals surface area contributed by atoms with E-state index >= 15 is 0 Å². The fraction of sp³-hybridized carbons (Fsp3) is 0.417. The fourth-order valence-corrected chi connectivity index (χ4v) is 6.76. The summed E-state index contributed by atoms with van der Waals surface area (Å²) in [6.45, 7) is 3.21. The molecule has 4 aliphatic rings. The SMILES string of the molecule is CCOc1cc2[nH]ncc2cc1Nc1ncnc2sc3c(c12)CC[C@H](C(=O)N1C2COC1C2)C3. The molecule has 1 aliphatic carbocycles. The van der Waals surface area contributed by atoms with E-state index in [2.05, 4.69) is 25.5 Å². The van der Waals surface area contributed by atoms with Crippen molar-refractivity contribution >= 4 is 49.9 Å². The van der Waals surface area contributed by atoms with Crippen LogP contribution in [0.1, 0.15) is 30.2 Å². The van der Waals surface area contributed by atoms with Crippen LogP contribution in [0.3, 0.4) is 0 Å². The van der Waals surface area contributed by atoms with E-state index in [1.807, 2.05) is 24.0 Å². The maximum atomic E-state index is 13.1. The van der Waals surface area contributed by atoms with Crippen LogP contribution in [0.4, 0.5) is 11.5 Å². The molecule has 34 heavy (non-hydrogen) atoms. The third-order valence-electron chi connectivity index (χ3n) is 7.20. The maximum Gasteiger partial charge on any atom is 0.228 e. The summed E-state index contributed by atoms with van der Waals surface area (Å²) in [6.07, 6.45) is 6.84. The topological polar surface area (TPSA) is 105 Å². The molecule has 4 aromatic rings. The van der Waals surface area contributed by atoms with Gasteiger partial charge in [0, 0.05) is 28.7 Å². The van der Waals surface area contributed by atoms with E-state index in [0.29, 0.717) is 13.2 Å². The van der Waals surface area contributed by atoms with Crippen molar-refractivity contribution in [1.82, 2.24) is 25.1 Å². The van der Waals surface area contributed by atoms with E-state index < -0.39 is 0 Å². The first kappa shape index (κ1) is 20.2. The number of thiophene rings is 1. The minimum atomic E-state index is 0.00933. The molecular weight excluding hydrogens is 452 g/mol. The molecule has 174 valence electrons. The zero-order chi connectivity index (χ0) is 22.8. The quantitative estimate of drug-likeness (QED) is 0.452. The Labute approximate surface area is 199 Å². The van der Waals surface area contributed by atoms with E-state index in [4.69, 9.17) is 9.47 Å². The Kier molecular flexibility index (Phi) is 4.53. The van der Waals surface area contributed by atoms with Crippen LogP contribution in [-0.4, -0.2) is 56.5 Å². The minimum absolute atomic E-state index is 0.00933. The Hall–Kier alpha value is -3.24. The van der Waals surface area contributed by atoms with Crippen LogP contribution >= 0.6 is 11.3 Å². The van der Waals surface area contributed by atoms with Crippen molar-refractivity contribution in [2.24, 2.45) is 5.92 Å². The van der Waals surface area contributed by atoms with Gasteiger partial charge in [-0.25, -0.2) is 9.97 Å². The Morgan fingerprint density at radius 1 is 1.38 bits per heavy atom. The number of rotatable bonds is 5. The van der Waals surface area contributed by atoms with Gasteiger partial charge in [0.05, 0.1) is 42.0 Å². The van der Waals surface area contributed by atoms with Gasteiger partial charge in [-0.1, -0.05) is 0 Å². The number of anilines is 2. The van der Waals surface area contributed by atoms with Crippen LogP contribution in [0.5, 0.6) is 5.75 Å². The highest BCUT2D eigenvalue weighted by Crippen LogP contribution is 2.43. The van der Waals surface area contributed by atoms with Crippen molar-refractivity contribution in [3.05, 3.63) is 35.1 Å². The van der Waals surface area contributed by atoms with Gasteiger partial charge in [0.1, 0.15) is 29.0 Å². The highest BCUT2D eigenvalue weighted by molar-refractivity contribution is 7.19. The predicted octanol–water partition coefficient (Wildman–Crippen LogP) is 3.77. The summed E-state index contributed by atoms with van der Waals surface area (Å²) in [4.78, 5) is 26.5. The molecule has 0 saturated carbocycles. The van der Waals surface area contributed by atoms with E-state index in [0.717, 1.165) is 64.1 Å². The molecule has 3 aromatic heterocycles. The molecule has 3 saturated heterocycles. The zero-order valence-corrected chi connectivity index (χ0v) is 19.5. The van der Waals surface area contributed by atoms with Crippen molar-refractivity contribution in [1.29, 1.82) is 0 Å². The summed E-state index contributed by atoms with van der Waals surface area (Å²) < 4.78 is 11.5. The van der Waals surface area contributed by atoms with Gasteiger partial charge in [-0.3, -0.25) is 9.89 Å². The summed E-state index contributed by atoms with van der Waals surface area (Å²) >= 11 is 1.68. The number of hydrogen-bond donors (Lipinski definition) is 2. The normalized spacial score (nSPS) is 23.2. The molecule has 8 rings (SSSR count). The summed E-state index contributed by atoms with van der Waals surface area (Å²) in [5.74, 6) is 1.78. The number of carbonyl (C=O) groups is 1. The number of hydrogen-bond acceptors (Lipinski definition) is 8. The lowest BCUT2D eigenvalue weighted by Gasteiger charge is -2.40. The van der Waals surface area contributed by atoms with Gasteiger partial charge in [0.25, 0.3) is 0 Å². The van der Waals surface area contributed by atoms with Gasteiger partial charge in [-0.05, 0) is 37.8 Å². The second-order valence-electron chi connectivity index (χ2n) is 9.13. The van der Waals surface area contributed by atoms with E-state index in [1.54, 1.807) is 23.9 Å². The van der Waals surface area contributed by atoms with Crippen LogP contribution in [0.2, 0.25) is 0 Å². The second kappa shape index (κ2) is 7.64. The number of ether oxygens (including phenoxy) is 2. The lowest BCUT2D eigenvalue weighted by atomic mass is 9.85. The van der Waals surface area contributed by atoms with Crippen LogP contribution in [0.15, 0.2) is 24.7 Å². The first-order valence-corrected chi connectivity index (χ1v) is 12.6. The van der Waals surface area contributed by atoms with Crippen LogP contribution in [0.25, 0.3) is 21.1 Å². The van der Waals surface area contributed by atoms with Gasteiger partial charge < -0.3 is 19.7 Å². The van der Waals surface area contributed by atoms with Crippen LogP contribution < -0.4 is 10.1 Å². The molecule has 2 unspecified atom stereocenters. The number of benzene rings is 1. The minimum Gasteiger partial charge on any atom is -0.492 e. The molecule has 1 amide bonds. The van der Waals surface area contributed by atoms with E-state index in [9.17, 15) is 4.79 Å². The third-order valence-corrected chi connectivity index (χ3v) is 8.36. The number of nitrogens with one attached hydrogen (secondary N) is 2. The number of amides is 1. The summed E-state index contributed by atoms with van der Waals surface area (Å²) in [5, 5.41) is 12.7. The molecule has 0 radical (unpaired) electrons. The van der Waals surface area contributed by atoms with Crippen molar-refractivity contribution in [3.63, 3.8) is 0 Å². The molecule has 3 atom stereocenters. The monoisotopic (exact) mass is 476 g/mol. The number of H-pyrrole nitrogens is 1. The average molecular weight is 477 g/mol. The molecule has 2 N–H and O–H groups in total. The number of nitrogens with zero attached hydrogens (tertiary/aromatic N) is 4. The molecule has 3 aliphatic heterocycles. The lowest BCUT2D eigenvalue weighted by molar-refractivity contribution is -0.151. The largest absolute Gasteiger partial charge is 0.492 e. The number of aryl methyl sites for hydroxylation is 1. The third kappa shape index (κ3) is 3.01. The van der Waals surface area contributed by atoms with Gasteiger partial charge in [0.15, 0.2) is 0 Å². The Morgan fingerprint density at radius 3 is 3.15 bits per heavy atom. The molecule has 9 nitrogen and oxygen atoms in total. The maximum absolute atomic E-state index is 13.1. The summed E-state index contributed by atoms with van der Waals surface area (Å²) in [5.41, 5.74) is 3.02. The van der Waals surface area contributed by atoms with Gasteiger partial charge in [-0.15, -0.1) is 11.3 Å². The Bertz CT molecular complexity index is 1420. The molecular formula is C24H24N6O3S. The number of aromatic nitrogens is 4. The Balaban J connectivity index is 1.22. The summed E-state index contributed by atoms with van der Waals surface area (Å²) in [6, 6.07) is 4.27. The predicted molar refractivity (Wildman–Crippen MR) is 128 cm³/mol. The lowest BCUT2D eigenvalue weighted by Crippen LogP contribution is -2.55.